The van der Waals surface area contributed by atoms with E-state index in [1.54, 1.807) is 0 Å². The zero-order chi connectivity index (χ0) is 25.3. The number of ether oxygens (including phenoxy) is 1. The van der Waals surface area contributed by atoms with E-state index >= 15 is 0 Å². The Hall–Kier alpha value is -1.90. The van der Waals surface area contributed by atoms with Gasteiger partial charge in [0.1, 0.15) is 5.75 Å². The maximum absolute atomic E-state index is 5.86. The van der Waals surface area contributed by atoms with Crippen molar-refractivity contribution in [2.24, 2.45) is 11.8 Å². The van der Waals surface area contributed by atoms with Crippen molar-refractivity contribution in [1.82, 2.24) is 9.97 Å². The Balaban J connectivity index is 1.29. The molecule has 200 valence electrons. The molecule has 3 heteroatoms. The molecule has 1 aliphatic carbocycles. The quantitative estimate of drug-likeness (QED) is 0.194. The number of unbranched alkanes of at least 4 members (excludes halogenated alkanes) is 9. The number of nitrogens with zero attached hydrogens (tertiary/aromatic N) is 2. The number of aromatic nitrogens is 2. The van der Waals surface area contributed by atoms with Gasteiger partial charge in [-0.2, -0.15) is 0 Å². The van der Waals surface area contributed by atoms with Gasteiger partial charge in [-0.3, -0.25) is 0 Å². The second-order valence-electron chi connectivity index (χ2n) is 11.2. The summed E-state index contributed by atoms with van der Waals surface area (Å²) in [6.45, 7) is 5.33. The molecule has 0 bridgehead atoms. The highest BCUT2D eigenvalue weighted by molar-refractivity contribution is 5.55. The Kier molecular flexibility index (Phi) is 14.0. The molecule has 1 fully saturated rings. The Morgan fingerprint density at radius 3 is 1.86 bits per heavy atom. The third kappa shape index (κ3) is 11.0. The summed E-state index contributed by atoms with van der Waals surface area (Å²) in [5.41, 5.74) is 2.33. The van der Waals surface area contributed by atoms with E-state index in [2.05, 4.69) is 35.9 Å². The minimum absolute atomic E-state index is 0.797. The zero-order valence-electron chi connectivity index (χ0n) is 23.4. The lowest BCUT2D eigenvalue weighted by atomic mass is 9.78. The van der Waals surface area contributed by atoms with E-state index in [0.717, 1.165) is 48.4 Å². The highest BCUT2D eigenvalue weighted by Gasteiger charge is 2.20. The van der Waals surface area contributed by atoms with Gasteiger partial charge < -0.3 is 4.74 Å². The maximum Gasteiger partial charge on any atom is 0.159 e. The molecule has 3 rings (SSSR count). The first-order valence-electron chi connectivity index (χ1n) is 15.3. The van der Waals surface area contributed by atoms with E-state index in [9.17, 15) is 0 Å². The Labute approximate surface area is 221 Å². The lowest BCUT2D eigenvalue weighted by Crippen LogP contribution is -2.15. The lowest BCUT2D eigenvalue weighted by Gasteiger charge is -2.28. The fourth-order valence-corrected chi connectivity index (χ4v) is 5.62. The van der Waals surface area contributed by atoms with Gasteiger partial charge in [-0.1, -0.05) is 110 Å². The Bertz CT molecular complexity index is 793. The highest BCUT2D eigenvalue weighted by Crippen LogP contribution is 2.34. The first-order chi connectivity index (χ1) is 17.8. The van der Waals surface area contributed by atoms with Crippen molar-refractivity contribution in [3.63, 3.8) is 0 Å². The number of hydrogen-bond donors (Lipinski definition) is 0. The van der Waals surface area contributed by atoms with Gasteiger partial charge in [0.2, 0.25) is 0 Å². The standard InChI is InChI=1S/C33H52N2O/c1-3-5-7-9-10-11-12-14-28-15-17-29(18-16-28)19-20-30-26-34-33(35-27-30)31-21-23-32(24-22-31)36-25-13-8-6-4-2/h21-24,26-29H,3-20,25H2,1-2H3. The summed E-state index contributed by atoms with van der Waals surface area (Å²) in [4.78, 5) is 9.33. The maximum atomic E-state index is 5.86. The molecular weight excluding hydrogens is 440 g/mol. The fraction of sp³-hybridized carbons (Fsp3) is 0.697. The molecular formula is C33H52N2O. The Morgan fingerprint density at radius 2 is 1.22 bits per heavy atom. The van der Waals surface area contributed by atoms with E-state index in [4.69, 9.17) is 4.74 Å². The Morgan fingerprint density at radius 1 is 0.667 bits per heavy atom. The van der Waals surface area contributed by atoms with Crippen LogP contribution >= 0.6 is 0 Å². The van der Waals surface area contributed by atoms with Gasteiger partial charge in [-0.05, 0) is 60.9 Å². The minimum atomic E-state index is 0.797. The summed E-state index contributed by atoms with van der Waals surface area (Å²) in [5.74, 6) is 3.63. The molecule has 0 saturated heterocycles. The van der Waals surface area contributed by atoms with Crippen LogP contribution in [0, 0.1) is 11.8 Å². The largest absolute Gasteiger partial charge is 0.494 e. The monoisotopic (exact) mass is 492 g/mol. The molecule has 36 heavy (non-hydrogen) atoms. The molecule has 3 nitrogen and oxygen atoms in total. The second-order valence-corrected chi connectivity index (χ2v) is 11.2. The van der Waals surface area contributed by atoms with Crippen LogP contribution in [0.2, 0.25) is 0 Å². The highest BCUT2D eigenvalue weighted by atomic mass is 16.5. The first kappa shape index (κ1) is 28.7. The van der Waals surface area contributed by atoms with Crippen molar-refractivity contribution < 1.29 is 4.74 Å². The topological polar surface area (TPSA) is 35.0 Å². The molecule has 0 unspecified atom stereocenters. The smallest absolute Gasteiger partial charge is 0.159 e. The number of rotatable bonds is 18. The average molecular weight is 493 g/mol. The van der Waals surface area contributed by atoms with Crippen LogP contribution in [0.4, 0.5) is 0 Å². The molecule has 1 aromatic heterocycles. The van der Waals surface area contributed by atoms with E-state index in [0.29, 0.717) is 0 Å². The van der Waals surface area contributed by atoms with Gasteiger partial charge >= 0.3 is 0 Å². The van der Waals surface area contributed by atoms with Crippen LogP contribution in [0.15, 0.2) is 36.7 Å². The van der Waals surface area contributed by atoms with Gasteiger partial charge in [0.05, 0.1) is 6.61 Å². The number of benzene rings is 1. The molecule has 0 radical (unpaired) electrons. The van der Waals surface area contributed by atoms with Gasteiger partial charge in [0.25, 0.3) is 0 Å². The SMILES string of the molecule is CCCCCCCCCC1CCC(CCc2cnc(-c3ccc(OCCCCCC)cc3)nc2)CC1. The predicted octanol–water partition coefficient (Wildman–Crippen LogP) is 9.98. The number of aryl methyl sites for hydroxylation is 1. The zero-order valence-corrected chi connectivity index (χ0v) is 23.4. The molecule has 0 aliphatic heterocycles. The molecule has 0 spiro atoms. The van der Waals surface area contributed by atoms with Crippen LogP contribution in [0.3, 0.4) is 0 Å². The van der Waals surface area contributed by atoms with Crippen LogP contribution < -0.4 is 4.74 Å². The van der Waals surface area contributed by atoms with Crippen LogP contribution in [-0.2, 0) is 6.42 Å². The van der Waals surface area contributed by atoms with Gasteiger partial charge in [-0.15, -0.1) is 0 Å². The molecule has 1 aromatic carbocycles. The second kappa shape index (κ2) is 17.5. The predicted molar refractivity (Wildman–Crippen MR) is 153 cm³/mol. The lowest BCUT2D eigenvalue weighted by molar-refractivity contribution is 0.248. The third-order valence-corrected chi connectivity index (χ3v) is 8.11. The summed E-state index contributed by atoms with van der Waals surface area (Å²) in [5, 5.41) is 0. The number of hydrogen-bond acceptors (Lipinski definition) is 3. The van der Waals surface area contributed by atoms with Crippen LogP contribution in [0.5, 0.6) is 5.75 Å². The van der Waals surface area contributed by atoms with Crippen LogP contribution in [0.1, 0.15) is 129 Å². The molecule has 1 heterocycles. The van der Waals surface area contributed by atoms with Crippen molar-refractivity contribution in [2.75, 3.05) is 6.61 Å². The van der Waals surface area contributed by atoms with Gasteiger partial charge in [-0.25, -0.2) is 9.97 Å². The first-order valence-corrected chi connectivity index (χ1v) is 15.3. The van der Waals surface area contributed by atoms with E-state index in [-0.39, 0.29) is 0 Å². The molecule has 1 aliphatic rings. The van der Waals surface area contributed by atoms with Gasteiger partial charge in [0.15, 0.2) is 5.82 Å². The van der Waals surface area contributed by atoms with Crippen LogP contribution in [0.25, 0.3) is 11.4 Å². The summed E-state index contributed by atoms with van der Waals surface area (Å²) in [7, 11) is 0. The van der Waals surface area contributed by atoms with Crippen LogP contribution in [-0.4, -0.2) is 16.6 Å². The van der Waals surface area contributed by atoms with E-state index in [1.807, 2.05) is 24.5 Å². The third-order valence-electron chi connectivity index (χ3n) is 8.11. The normalized spacial score (nSPS) is 17.8. The van der Waals surface area contributed by atoms with Crippen molar-refractivity contribution in [3.05, 3.63) is 42.2 Å². The molecule has 0 atom stereocenters. The minimum Gasteiger partial charge on any atom is -0.494 e. The van der Waals surface area contributed by atoms with Crippen molar-refractivity contribution in [3.8, 4) is 17.1 Å². The molecule has 0 N–H and O–H groups in total. The molecule has 2 aromatic rings. The van der Waals surface area contributed by atoms with Gasteiger partial charge in [0, 0.05) is 18.0 Å². The summed E-state index contributed by atoms with van der Waals surface area (Å²) >= 11 is 0. The summed E-state index contributed by atoms with van der Waals surface area (Å²) in [6, 6.07) is 8.22. The molecule has 1 saturated carbocycles. The summed E-state index contributed by atoms with van der Waals surface area (Å²) in [6.07, 6.45) is 28.6. The average Bonchev–Trinajstić information content (AvgIpc) is 2.93. The van der Waals surface area contributed by atoms with Crippen molar-refractivity contribution in [1.29, 1.82) is 0 Å². The summed E-state index contributed by atoms with van der Waals surface area (Å²) < 4.78 is 5.86. The molecule has 0 amide bonds. The fourth-order valence-electron chi connectivity index (χ4n) is 5.62. The van der Waals surface area contributed by atoms with E-state index < -0.39 is 0 Å². The van der Waals surface area contributed by atoms with Crippen molar-refractivity contribution >= 4 is 0 Å². The van der Waals surface area contributed by atoms with Crippen molar-refractivity contribution in [2.45, 2.75) is 129 Å². The van der Waals surface area contributed by atoms with E-state index in [1.165, 1.54) is 108 Å².